The van der Waals surface area contributed by atoms with E-state index in [2.05, 4.69) is 20.2 Å². The summed E-state index contributed by atoms with van der Waals surface area (Å²) in [5.41, 5.74) is 1.58. The van der Waals surface area contributed by atoms with Crippen molar-refractivity contribution in [3.63, 3.8) is 0 Å². The number of hydrogen-bond donors (Lipinski definition) is 2. The van der Waals surface area contributed by atoms with Crippen molar-refractivity contribution in [1.29, 1.82) is 0 Å². The first kappa shape index (κ1) is 12.1. The third-order valence-corrected chi connectivity index (χ3v) is 2.77. The highest BCUT2D eigenvalue weighted by atomic mass is 16.3. The number of benzene rings is 1. The minimum absolute atomic E-state index is 0.161. The number of nitrogens with zero attached hydrogens (tertiary/aromatic N) is 3. The molecule has 0 saturated heterocycles. The third kappa shape index (κ3) is 2.56. The maximum atomic E-state index is 9.76. The van der Waals surface area contributed by atoms with E-state index in [9.17, 15) is 5.11 Å². The van der Waals surface area contributed by atoms with Crippen LogP contribution in [-0.2, 0) is 0 Å². The zero-order valence-corrected chi connectivity index (χ0v) is 10.6. The molecule has 1 aromatic carbocycles. The van der Waals surface area contributed by atoms with E-state index >= 15 is 0 Å². The van der Waals surface area contributed by atoms with Gasteiger partial charge in [0, 0.05) is 12.4 Å². The summed E-state index contributed by atoms with van der Waals surface area (Å²) in [6.45, 7) is 0. The van der Waals surface area contributed by atoms with Crippen LogP contribution < -0.4 is 0 Å². The third-order valence-electron chi connectivity index (χ3n) is 2.77. The summed E-state index contributed by atoms with van der Waals surface area (Å²) in [6, 6.07) is 10.8. The zero-order chi connectivity index (χ0) is 13.8. The summed E-state index contributed by atoms with van der Waals surface area (Å²) < 4.78 is 0. The van der Waals surface area contributed by atoms with Crippen LogP contribution in [-0.4, -0.2) is 25.3 Å². The fourth-order valence-electron chi connectivity index (χ4n) is 1.78. The van der Waals surface area contributed by atoms with Gasteiger partial charge in [-0.3, -0.25) is 10.1 Å². The van der Waals surface area contributed by atoms with Gasteiger partial charge in [0.25, 0.3) is 0 Å². The molecule has 98 valence electrons. The number of hydrogen-bond acceptors (Lipinski definition) is 4. The second-order valence-electron chi connectivity index (χ2n) is 4.18. The van der Waals surface area contributed by atoms with E-state index in [0.717, 1.165) is 5.56 Å². The van der Waals surface area contributed by atoms with E-state index in [1.54, 1.807) is 30.6 Å². The molecule has 0 fully saturated rings. The molecule has 0 aliphatic heterocycles. The summed E-state index contributed by atoms with van der Waals surface area (Å²) in [4.78, 5) is 8.35. The van der Waals surface area contributed by atoms with Crippen molar-refractivity contribution >= 4 is 12.2 Å². The van der Waals surface area contributed by atoms with Crippen LogP contribution in [0, 0.1) is 0 Å². The quantitative estimate of drug-likeness (QED) is 0.762. The minimum atomic E-state index is 0.161. The average molecular weight is 264 g/mol. The zero-order valence-electron chi connectivity index (χ0n) is 10.6. The van der Waals surface area contributed by atoms with E-state index in [1.165, 1.54) is 0 Å². The van der Waals surface area contributed by atoms with Crippen LogP contribution in [0.25, 0.3) is 23.5 Å². The molecule has 0 bridgehead atoms. The lowest BCUT2D eigenvalue weighted by atomic mass is 10.2. The lowest BCUT2D eigenvalue weighted by Crippen LogP contribution is -1.81. The van der Waals surface area contributed by atoms with E-state index in [0.29, 0.717) is 17.2 Å². The molecule has 20 heavy (non-hydrogen) atoms. The maximum Gasteiger partial charge on any atom is 0.185 e. The minimum Gasteiger partial charge on any atom is -0.507 e. The molecule has 5 heteroatoms. The number of para-hydroxylation sites is 1. The van der Waals surface area contributed by atoms with Gasteiger partial charge in [0.2, 0.25) is 0 Å². The first-order valence-electron chi connectivity index (χ1n) is 6.12. The second-order valence-corrected chi connectivity index (χ2v) is 4.18. The van der Waals surface area contributed by atoms with Crippen molar-refractivity contribution in [2.75, 3.05) is 0 Å². The lowest BCUT2D eigenvalue weighted by Gasteiger charge is -1.97. The summed E-state index contributed by atoms with van der Waals surface area (Å²) in [6.07, 6.45) is 7.19. The van der Waals surface area contributed by atoms with Crippen LogP contribution in [0.1, 0.15) is 11.4 Å². The second kappa shape index (κ2) is 5.36. The summed E-state index contributed by atoms with van der Waals surface area (Å²) in [5, 5.41) is 16.7. The Labute approximate surface area is 115 Å². The van der Waals surface area contributed by atoms with Crippen molar-refractivity contribution in [1.82, 2.24) is 20.2 Å². The first-order chi connectivity index (χ1) is 9.83. The topological polar surface area (TPSA) is 74.7 Å². The SMILES string of the molecule is Oc1ccccc1-c1n[nH]c(/C=C/c2cccnc2)n1. The molecule has 2 N–H and O–H groups in total. The molecule has 0 unspecified atom stereocenters. The molecule has 0 aliphatic carbocycles. The molecule has 2 aromatic heterocycles. The first-order valence-corrected chi connectivity index (χ1v) is 6.12. The Morgan fingerprint density at radius 3 is 2.75 bits per heavy atom. The highest BCUT2D eigenvalue weighted by molar-refractivity contribution is 5.68. The molecule has 3 aromatic rings. The Morgan fingerprint density at radius 2 is 1.95 bits per heavy atom. The molecule has 0 radical (unpaired) electrons. The van der Waals surface area contributed by atoms with Crippen molar-refractivity contribution in [3.8, 4) is 17.1 Å². The molecule has 0 saturated carbocycles. The number of rotatable bonds is 3. The average Bonchev–Trinajstić information content (AvgIpc) is 2.95. The van der Waals surface area contributed by atoms with Crippen molar-refractivity contribution in [3.05, 3.63) is 60.2 Å². The molecule has 0 spiro atoms. The highest BCUT2D eigenvalue weighted by Gasteiger charge is 2.08. The number of H-pyrrole nitrogens is 1. The molecule has 0 atom stereocenters. The molecule has 2 heterocycles. The predicted octanol–water partition coefficient (Wildman–Crippen LogP) is 2.74. The van der Waals surface area contributed by atoms with Gasteiger partial charge in [-0.25, -0.2) is 4.98 Å². The fraction of sp³-hybridized carbons (Fsp3) is 0. The molecule has 3 rings (SSSR count). The largest absolute Gasteiger partial charge is 0.507 e. The van der Waals surface area contributed by atoms with Crippen molar-refractivity contribution in [2.45, 2.75) is 0 Å². The summed E-state index contributed by atoms with van der Waals surface area (Å²) >= 11 is 0. The lowest BCUT2D eigenvalue weighted by molar-refractivity contribution is 0.477. The Bertz CT molecular complexity index is 734. The van der Waals surface area contributed by atoms with Gasteiger partial charge in [0.1, 0.15) is 11.6 Å². The smallest absolute Gasteiger partial charge is 0.185 e. The maximum absolute atomic E-state index is 9.76. The van der Waals surface area contributed by atoms with E-state index in [1.807, 2.05) is 30.4 Å². The number of pyridine rings is 1. The van der Waals surface area contributed by atoms with Gasteiger partial charge in [-0.15, -0.1) is 0 Å². The standard InChI is InChI=1S/C15H12N4O/c20-13-6-2-1-5-12(13)15-17-14(18-19-15)8-7-11-4-3-9-16-10-11/h1-10,20H,(H,17,18,19)/b8-7+. The van der Waals surface area contributed by atoms with E-state index in [4.69, 9.17) is 0 Å². The van der Waals surface area contributed by atoms with Crippen LogP contribution >= 0.6 is 0 Å². The molecule has 0 amide bonds. The van der Waals surface area contributed by atoms with Crippen LogP contribution in [0.3, 0.4) is 0 Å². The number of aromatic amines is 1. The van der Waals surface area contributed by atoms with Crippen LogP contribution in [0.15, 0.2) is 48.8 Å². The monoisotopic (exact) mass is 264 g/mol. The molecular weight excluding hydrogens is 252 g/mol. The van der Waals surface area contributed by atoms with Crippen LogP contribution in [0.5, 0.6) is 5.75 Å². The number of aromatic nitrogens is 4. The van der Waals surface area contributed by atoms with Gasteiger partial charge in [-0.1, -0.05) is 18.2 Å². The van der Waals surface area contributed by atoms with E-state index in [-0.39, 0.29) is 5.75 Å². The van der Waals surface area contributed by atoms with Crippen molar-refractivity contribution in [2.24, 2.45) is 0 Å². The molecular formula is C15H12N4O. The van der Waals surface area contributed by atoms with Crippen LogP contribution in [0.2, 0.25) is 0 Å². The van der Waals surface area contributed by atoms with Gasteiger partial charge in [0.15, 0.2) is 5.82 Å². The molecule has 5 nitrogen and oxygen atoms in total. The van der Waals surface area contributed by atoms with Gasteiger partial charge < -0.3 is 5.11 Å². The highest BCUT2D eigenvalue weighted by Crippen LogP contribution is 2.25. The number of phenolic OH excluding ortho intramolecular Hbond substituents is 1. The molecule has 0 aliphatic rings. The summed E-state index contributed by atoms with van der Waals surface area (Å²) in [7, 11) is 0. The normalized spacial score (nSPS) is 11.0. The number of aromatic hydroxyl groups is 1. The van der Waals surface area contributed by atoms with Gasteiger partial charge in [0.05, 0.1) is 5.56 Å². The number of nitrogens with one attached hydrogen (secondary N) is 1. The van der Waals surface area contributed by atoms with Gasteiger partial charge in [-0.2, -0.15) is 5.10 Å². The summed E-state index contributed by atoms with van der Waals surface area (Å²) in [5.74, 6) is 1.25. The van der Waals surface area contributed by atoms with Crippen molar-refractivity contribution < 1.29 is 5.11 Å². The number of phenols is 1. The Kier molecular flexibility index (Phi) is 3.24. The Hall–Kier alpha value is -2.95. The fourth-order valence-corrected chi connectivity index (χ4v) is 1.78. The van der Waals surface area contributed by atoms with Crippen LogP contribution in [0.4, 0.5) is 0 Å². The Morgan fingerprint density at radius 1 is 1.05 bits per heavy atom. The van der Waals surface area contributed by atoms with E-state index < -0.39 is 0 Å². The predicted molar refractivity (Wildman–Crippen MR) is 76.6 cm³/mol. The Balaban J connectivity index is 1.85. The van der Waals surface area contributed by atoms with Gasteiger partial charge in [-0.05, 0) is 35.9 Å². The van der Waals surface area contributed by atoms with Gasteiger partial charge >= 0.3 is 0 Å².